The molecule has 1 heterocycles. The van der Waals surface area contributed by atoms with Crippen molar-refractivity contribution in [3.63, 3.8) is 0 Å². The van der Waals surface area contributed by atoms with Gasteiger partial charge >= 0.3 is 0 Å². The van der Waals surface area contributed by atoms with Crippen molar-refractivity contribution in [1.29, 1.82) is 0 Å². The molecule has 0 bridgehead atoms. The largest absolute Gasteiger partial charge is 0.379 e. The summed E-state index contributed by atoms with van der Waals surface area (Å²) in [6, 6.07) is 6.41. The van der Waals surface area contributed by atoms with Gasteiger partial charge in [0.1, 0.15) is 0 Å². The molecule has 6 heteroatoms. The first-order valence-electron chi connectivity index (χ1n) is 8.70. The Morgan fingerprint density at radius 3 is 3.04 bits per heavy atom. The van der Waals surface area contributed by atoms with Gasteiger partial charge in [-0.15, -0.1) is 24.0 Å². The van der Waals surface area contributed by atoms with E-state index in [9.17, 15) is 0 Å². The SMILES string of the molecule is I.NC(=NCCCOC1CCOC1)Nc1cccc2c1CCCC2. The van der Waals surface area contributed by atoms with Gasteiger partial charge in [0.05, 0.1) is 12.7 Å². The average molecular weight is 445 g/mol. The number of ether oxygens (including phenoxy) is 2. The van der Waals surface area contributed by atoms with Gasteiger partial charge in [-0.25, -0.2) is 0 Å². The molecule has 1 aliphatic carbocycles. The normalized spacial score (nSPS) is 20.3. The van der Waals surface area contributed by atoms with Crippen LogP contribution in [0.25, 0.3) is 0 Å². The van der Waals surface area contributed by atoms with Crippen LogP contribution in [0.1, 0.15) is 36.8 Å². The molecule has 1 aliphatic heterocycles. The second-order valence-corrected chi connectivity index (χ2v) is 6.25. The molecular weight excluding hydrogens is 417 g/mol. The number of nitrogens with two attached hydrogens (primary N) is 1. The minimum absolute atomic E-state index is 0. The van der Waals surface area contributed by atoms with Crippen LogP contribution >= 0.6 is 24.0 Å². The lowest BCUT2D eigenvalue weighted by Gasteiger charge is -2.19. The zero-order valence-electron chi connectivity index (χ0n) is 14.1. The van der Waals surface area contributed by atoms with E-state index in [2.05, 4.69) is 28.5 Å². The van der Waals surface area contributed by atoms with Crippen molar-refractivity contribution in [2.45, 2.75) is 44.6 Å². The molecule has 1 aromatic rings. The number of guanidine groups is 1. The summed E-state index contributed by atoms with van der Waals surface area (Å²) in [6.07, 6.45) is 6.99. The maximum Gasteiger partial charge on any atom is 0.193 e. The van der Waals surface area contributed by atoms with E-state index in [-0.39, 0.29) is 30.1 Å². The molecule has 1 fully saturated rings. The number of nitrogens with zero attached hydrogens (tertiary/aromatic N) is 1. The first kappa shape index (κ1) is 19.5. The molecule has 3 rings (SSSR count). The number of halogens is 1. The fourth-order valence-corrected chi connectivity index (χ4v) is 3.23. The molecule has 1 saturated heterocycles. The molecule has 0 aromatic heterocycles. The minimum atomic E-state index is 0. The first-order chi connectivity index (χ1) is 11.3. The van der Waals surface area contributed by atoms with Crippen LogP contribution in [0.3, 0.4) is 0 Å². The lowest BCUT2D eigenvalue weighted by molar-refractivity contribution is 0.0424. The number of rotatable bonds is 6. The second-order valence-electron chi connectivity index (χ2n) is 6.25. The predicted octanol–water partition coefficient (Wildman–Crippen LogP) is 3.11. The third-order valence-corrected chi connectivity index (χ3v) is 4.48. The monoisotopic (exact) mass is 445 g/mol. The molecule has 0 spiro atoms. The highest BCUT2D eigenvalue weighted by Gasteiger charge is 2.15. The number of fused-ring (bicyclic) bond motifs is 1. The lowest BCUT2D eigenvalue weighted by Crippen LogP contribution is -2.24. The Morgan fingerprint density at radius 2 is 2.21 bits per heavy atom. The molecule has 0 saturated carbocycles. The van der Waals surface area contributed by atoms with Crippen molar-refractivity contribution in [2.75, 3.05) is 31.7 Å². The Balaban J connectivity index is 0.00000208. The zero-order valence-corrected chi connectivity index (χ0v) is 16.5. The summed E-state index contributed by atoms with van der Waals surface area (Å²) in [5, 5.41) is 3.27. The Kier molecular flexibility index (Phi) is 8.28. The summed E-state index contributed by atoms with van der Waals surface area (Å²) in [6.45, 7) is 2.94. The predicted molar refractivity (Wildman–Crippen MR) is 108 cm³/mol. The van der Waals surface area contributed by atoms with Gasteiger partial charge in [-0.05, 0) is 55.7 Å². The van der Waals surface area contributed by atoms with Gasteiger partial charge in [0.25, 0.3) is 0 Å². The number of nitrogens with one attached hydrogen (secondary N) is 1. The highest BCUT2D eigenvalue weighted by atomic mass is 127. The molecule has 24 heavy (non-hydrogen) atoms. The Hall–Kier alpha value is -0.860. The number of benzene rings is 1. The van der Waals surface area contributed by atoms with E-state index in [0.29, 0.717) is 19.1 Å². The van der Waals surface area contributed by atoms with Crippen LogP contribution < -0.4 is 11.1 Å². The summed E-state index contributed by atoms with van der Waals surface area (Å²) in [5.74, 6) is 0.494. The quantitative estimate of drug-likeness (QED) is 0.306. The van der Waals surface area contributed by atoms with E-state index in [4.69, 9.17) is 15.2 Å². The zero-order chi connectivity index (χ0) is 15.9. The van der Waals surface area contributed by atoms with Crippen LogP contribution in [0.4, 0.5) is 5.69 Å². The first-order valence-corrected chi connectivity index (χ1v) is 8.70. The molecule has 1 unspecified atom stereocenters. The lowest BCUT2D eigenvalue weighted by atomic mass is 9.90. The summed E-state index contributed by atoms with van der Waals surface area (Å²) in [7, 11) is 0. The number of hydrogen-bond donors (Lipinski definition) is 2. The topological polar surface area (TPSA) is 68.9 Å². The number of hydrogen-bond acceptors (Lipinski definition) is 3. The molecular formula is C18H28IN3O2. The minimum Gasteiger partial charge on any atom is -0.379 e. The molecule has 5 nitrogen and oxygen atoms in total. The summed E-state index contributed by atoms with van der Waals surface area (Å²) in [5.41, 5.74) is 9.98. The number of aliphatic imine (C=N–C) groups is 1. The molecule has 2 aliphatic rings. The molecule has 3 N–H and O–H groups in total. The molecule has 134 valence electrons. The summed E-state index contributed by atoms with van der Waals surface area (Å²) >= 11 is 0. The molecule has 0 amide bonds. The van der Waals surface area contributed by atoms with Gasteiger partial charge in [0.2, 0.25) is 0 Å². The Morgan fingerprint density at radius 1 is 1.33 bits per heavy atom. The average Bonchev–Trinajstić information content (AvgIpc) is 3.08. The summed E-state index contributed by atoms with van der Waals surface area (Å²) < 4.78 is 11.0. The van der Waals surface area contributed by atoms with Crippen molar-refractivity contribution in [1.82, 2.24) is 0 Å². The second kappa shape index (κ2) is 10.2. The van der Waals surface area contributed by atoms with E-state index in [1.807, 2.05) is 0 Å². The van der Waals surface area contributed by atoms with E-state index < -0.39 is 0 Å². The van der Waals surface area contributed by atoms with E-state index in [0.717, 1.165) is 38.2 Å². The Labute approximate surface area is 161 Å². The van der Waals surface area contributed by atoms with Crippen molar-refractivity contribution >= 4 is 35.6 Å². The van der Waals surface area contributed by atoms with Crippen LogP contribution in [0, 0.1) is 0 Å². The third kappa shape index (κ3) is 5.60. The van der Waals surface area contributed by atoms with E-state index in [1.54, 1.807) is 0 Å². The van der Waals surface area contributed by atoms with Gasteiger partial charge in [-0.3, -0.25) is 4.99 Å². The third-order valence-electron chi connectivity index (χ3n) is 4.48. The van der Waals surface area contributed by atoms with Crippen molar-refractivity contribution in [2.24, 2.45) is 10.7 Å². The highest BCUT2D eigenvalue weighted by molar-refractivity contribution is 14.0. The number of anilines is 1. The summed E-state index contributed by atoms with van der Waals surface area (Å²) in [4.78, 5) is 4.40. The highest BCUT2D eigenvalue weighted by Crippen LogP contribution is 2.27. The van der Waals surface area contributed by atoms with Crippen molar-refractivity contribution in [3.05, 3.63) is 29.3 Å². The molecule has 1 aromatic carbocycles. The standard InChI is InChI=1S/C18H27N3O2.HI/c19-18(20-10-4-11-23-15-9-12-22-13-15)21-17-8-3-6-14-5-1-2-7-16(14)17;/h3,6,8,15H,1-2,4-5,7,9-13H2,(H3,19,20,21);1H. The number of aryl methyl sites for hydroxylation is 1. The van der Waals surface area contributed by atoms with Crippen molar-refractivity contribution < 1.29 is 9.47 Å². The van der Waals surface area contributed by atoms with Crippen LogP contribution in [-0.2, 0) is 22.3 Å². The van der Waals surface area contributed by atoms with Crippen LogP contribution in [0.5, 0.6) is 0 Å². The molecule has 0 radical (unpaired) electrons. The van der Waals surface area contributed by atoms with Crippen LogP contribution in [0.2, 0.25) is 0 Å². The van der Waals surface area contributed by atoms with Crippen LogP contribution in [0.15, 0.2) is 23.2 Å². The maximum atomic E-state index is 6.02. The van der Waals surface area contributed by atoms with Gasteiger partial charge in [-0.1, -0.05) is 12.1 Å². The molecule has 1 atom stereocenters. The van der Waals surface area contributed by atoms with Gasteiger partial charge in [-0.2, -0.15) is 0 Å². The van der Waals surface area contributed by atoms with Crippen LogP contribution in [-0.4, -0.2) is 38.4 Å². The van der Waals surface area contributed by atoms with Crippen molar-refractivity contribution in [3.8, 4) is 0 Å². The fraction of sp³-hybridized carbons (Fsp3) is 0.611. The smallest absolute Gasteiger partial charge is 0.193 e. The fourth-order valence-electron chi connectivity index (χ4n) is 3.23. The van der Waals surface area contributed by atoms with Gasteiger partial charge in [0, 0.05) is 25.4 Å². The Bertz CT molecular complexity index is 545. The van der Waals surface area contributed by atoms with Gasteiger partial charge in [0.15, 0.2) is 5.96 Å². The van der Waals surface area contributed by atoms with E-state index >= 15 is 0 Å². The van der Waals surface area contributed by atoms with E-state index in [1.165, 1.54) is 30.4 Å². The van der Waals surface area contributed by atoms with Gasteiger partial charge < -0.3 is 20.5 Å². The maximum absolute atomic E-state index is 6.02.